The van der Waals surface area contributed by atoms with Crippen molar-refractivity contribution in [3.8, 4) is 20.9 Å². The van der Waals surface area contributed by atoms with E-state index in [1.54, 1.807) is 22.7 Å². The van der Waals surface area contributed by atoms with Gasteiger partial charge in [-0.25, -0.2) is 0 Å². The van der Waals surface area contributed by atoms with E-state index in [-0.39, 0.29) is 5.43 Å². The van der Waals surface area contributed by atoms with Gasteiger partial charge in [-0.2, -0.15) is 0 Å². The highest BCUT2D eigenvalue weighted by Crippen LogP contribution is 2.31. The quantitative estimate of drug-likeness (QED) is 0.143. The van der Waals surface area contributed by atoms with Crippen molar-refractivity contribution in [3.63, 3.8) is 0 Å². The number of thiophene rings is 2. The molecule has 0 spiro atoms. The molecule has 5 aromatic rings. The summed E-state index contributed by atoms with van der Waals surface area (Å²) in [6.45, 7) is 3.21. The number of benzene rings is 2. The normalized spacial score (nSPS) is 11.6. The van der Waals surface area contributed by atoms with Crippen LogP contribution in [0.25, 0.3) is 42.7 Å². The lowest BCUT2D eigenvalue weighted by atomic mass is 10.0. The monoisotopic (exact) mass is 485 g/mol. The number of aryl methyl sites for hydroxylation is 1. The Balaban J connectivity index is 1.56. The molecular formula is C30H31NOS2. The van der Waals surface area contributed by atoms with Crippen molar-refractivity contribution < 1.29 is 0 Å². The Labute approximate surface area is 209 Å². The summed E-state index contributed by atoms with van der Waals surface area (Å²) >= 11 is 3.43. The van der Waals surface area contributed by atoms with E-state index in [1.807, 2.05) is 0 Å². The summed E-state index contributed by atoms with van der Waals surface area (Å²) in [7, 11) is 0. The second-order valence-electron chi connectivity index (χ2n) is 9.02. The second kappa shape index (κ2) is 10.7. The summed E-state index contributed by atoms with van der Waals surface area (Å²) < 4.78 is 2.38. The molecule has 2 nitrogen and oxygen atoms in total. The van der Waals surface area contributed by atoms with Crippen LogP contribution in [0.15, 0.2) is 76.2 Å². The van der Waals surface area contributed by atoms with Gasteiger partial charge in [0.05, 0.1) is 11.0 Å². The van der Waals surface area contributed by atoms with Gasteiger partial charge in [0.1, 0.15) is 0 Å². The Morgan fingerprint density at radius 1 is 0.676 bits per heavy atom. The van der Waals surface area contributed by atoms with Gasteiger partial charge < -0.3 is 4.57 Å². The first kappa shape index (κ1) is 23.1. The molecule has 0 unspecified atom stereocenters. The van der Waals surface area contributed by atoms with Crippen LogP contribution in [0.2, 0.25) is 0 Å². The molecule has 0 atom stereocenters. The third kappa shape index (κ3) is 4.75. The summed E-state index contributed by atoms with van der Waals surface area (Å²) in [5.74, 6) is 0. The maximum atomic E-state index is 13.8. The van der Waals surface area contributed by atoms with Crippen molar-refractivity contribution in [2.24, 2.45) is 0 Å². The molecule has 0 bridgehead atoms. The van der Waals surface area contributed by atoms with Gasteiger partial charge in [-0.05, 0) is 64.7 Å². The third-order valence-electron chi connectivity index (χ3n) is 6.66. The summed E-state index contributed by atoms with van der Waals surface area (Å²) in [6.07, 6.45) is 8.97. The van der Waals surface area contributed by atoms with Crippen LogP contribution in [0.3, 0.4) is 0 Å². The molecule has 3 heterocycles. The lowest BCUT2D eigenvalue weighted by Crippen LogP contribution is -2.12. The SMILES string of the molecule is CCCCCCCCCn1c2ccc(-c3cccs3)cc2c(=O)c2cc(-c3cccs3)ccc21. The first-order valence-corrected chi connectivity index (χ1v) is 14.2. The van der Waals surface area contributed by atoms with E-state index in [1.165, 1.54) is 48.3 Å². The molecular weight excluding hydrogens is 454 g/mol. The van der Waals surface area contributed by atoms with E-state index in [9.17, 15) is 4.79 Å². The fourth-order valence-electron chi connectivity index (χ4n) is 4.84. The van der Waals surface area contributed by atoms with Crippen LogP contribution in [0.5, 0.6) is 0 Å². The molecule has 174 valence electrons. The average Bonchev–Trinajstić information content (AvgIpc) is 3.60. The Morgan fingerprint density at radius 2 is 1.21 bits per heavy atom. The van der Waals surface area contributed by atoms with Gasteiger partial charge in [-0.1, -0.05) is 69.7 Å². The minimum atomic E-state index is 0.137. The maximum Gasteiger partial charge on any atom is 0.197 e. The molecule has 0 amide bonds. The molecule has 5 rings (SSSR count). The number of aromatic nitrogens is 1. The fourth-order valence-corrected chi connectivity index (χ4v) is 6.29. The van der Waals surface area contributed by atoms with Crippen molar-refractivity contribution in [2.45, 2.75) is 58.4 Å². The zero-order valence-corrected chi connectivity index (χ0v) is 21.4. The van der Waals surface area contributed by atoms with Crippen LogP contribution < -0.4 is 5.43 Å². The van der Waals surface area contributed by atoms with Gasteiger partial charge in [0, 0.05) is 27.1 Å². The number of rotatable bonds is 10. The van der Waals surface area contributed by atoms with Crippen LogP contribution in [-0.4, -0.2) is 4.57 Å². The predicted molar refractivity (Wildman–Crippen MR) is 150 cm³/mol. The Hall–Kier alpha value is -2.69. The Kier molecular flexibility index (Phi) is 7.27. The number of hydrogen-bond acceptors (Lipinski definition) is 3. The van der Waals surface area contributed by atoms with Gasteiger partial charge in [0.25, 0.3) is 0 Å². The molecule has 0 fully saturated rings. The molecule has 0 saturated carbocycles. The van der Waals surface area contributed by atoms with E-state index >= 15 is 0 Å². The van der Waals surface area contributed by atoms with Crippen molar-refractivity contribution >= 4 is 44.5 Å². The number of hydrogen-bond donors (Lipinski definition) is 0. The first-order valence-electron chi connectivity index (χ1n) is 12.4. The molecule has 0 aliphatic carbocycles. The van der Waals surface area contributed by atoms with E-state index in [0.717, 1.165) is 45.9 Å². The second-order valence-corrected chi connectivity index (χ2v) is 10.9. The smallest absolute Gasteiger partial charge is 0.197 e. The largest absolute Gasteiger partial charge is 0.340 e. The zero-order chi connectivity index (χ0) is 23.3. The maximum absolute atomic E-state index is 13.8. The molecule has 0 N–H and O–H groups in total. The minimum absolute atomic E-state index is 0.137. The molecule has 0 aliphatic rings. The van der Waals surface area contributed by atoms with Gasteiger partial charge in [0.15, 0.2) is 5.43 Å². The molecule has 0 saturated heterocycles. The first-order chi connectivity index (χ1) is 16.8. The molecule has 4 heteroatoms. The summed E-state index contributed by atoms with van der Waals surface area (Å²) in [6, 6.07) is 21.2. The minimum Gasteiger partial charge on any atom is -0.340 e. The molecule has 3 aromatic heterocycles. The van der Waals surface area contributed by atoms with E-state index in [2.05, 4.69) is 82.9 Å². The highest BCUT2D eigenvalue weighted by Gasteiger charge is 2.14. The van der Waals surface area contributed by atoms with Crippen molar-refractivity contribution in [3.05, 3.63) is 81.6 Å². The van der Waals surface area contributed by atoms with Crippen molar-refractivity contribution in [1.82, 2.24) is 4.57 Å². The number of pyridine rings is 1. The topological polar surface area (TPSA) is 22.0 Å². The molecule has 0 radical (unpaired) electrons. The summed E-state index contributed by atoms with van der Waals surface area (Å²) in [4.78, 5) is 16.2. The predicted octanol–water partition coefficient (Wildman–Crippen LogP) is 9.36. The highest BCUT2D eigenvalue weighted by molar-refractivity contribution is 7.13. The van der Waals surface area contributed by atoms with Crippen LogP contribution in [0.4, 0.5) is 0 Å². The fraction of sp³-hybridized carbons (Fsp3) is 0.300. The van der Waals surface area contributed by atoms with E-state index < -0.39 is 0 Å². The Bertz CT molecular complexity index is 1330. The zero-order valence-electron chi connectivity index (χ0n) is 19.8. The molecule has 2 aromatic carbocycles. The standard InChI is InChI=1S/C30H31NOS2/c1-2-3-4-5-6-7-8-17-31-26-15-13-22(28-11-9-18-33-28)20-24(26)30(32)25-21-23(14-16-27(25)31)29-12-10-19-34-29/h9-16,18-21H,2-8,17H2,1H3. The van der Waals surface area contributed by atoms with Gasteiger partial charge in [0.2, 0.25) is 0 Å². The van der Waals surface area contributed by atoms with E-state index in [0.29, 0.717) is 0 Å². The van der Waals surface area contributed by atoms with Gasteiger partial charge in [-0.15, -0.1) is 22.7 Å². The highest BCUT2D eigenvalue weighted by atomic mass is 32.1. The van der Waals surface area contributed by atoms with Crippen molar-refractivity contribution in [2.75, 3.05) is 0 Å². The van der Waals surface area contributed by atoms with Crippen LogP contribution in [-0.2, 0) is 6.54 Å². The van der Waals surface area contributed by atoms with E-state index in [4.69, 9.17) is 0 Å². The molecule has 0 aliphatic heterocycles. The number of fused-ring (bicyclic) bond motifs is 2. The number of unbranched alkanes of at least 4 members (excludes halogenated alkanes) is 6. The number of nitrogens with zero attached hydrogens (tertiary/aromatic N) is 1. The van der Waals surface area contributed by atoms with Gasteiger partial charge >= 0.3 is 0 Å². The lowest BCUT2D eigenvalue weighted by Gasteiger charge is -2.16. The average molecular weight is 486 g/mol. The summed E-state index contributed by atoms with van der Waals surface area (Å²) in [5.41, 5.74) is 4.48. The lowest BCUT2D eigenvalue weighted by molar-refractivity contribution is 0.560. The van der Waals surface area contributed by atoms with Crippen molar-refractivity contribution in [1.29, 1.82) is 0 Å². The van der Waals surface area contributed by atoms with Gasteiger partial charge in [-0.3, -0.25) is 4.79 Å². The van der Waals surface area contributed by atoms with Crippen LogP contribution >= 0.6 is 22.7 Å². The third-order valence-corrected chi connectivity index (χ3v) is 8.50. The summed E-state index contributed by atoms with van der Waals surface area (Å²) in [5, 5.41) is 5.83. The molecule has 34 heavy (non-hydrogen) atoms. The van der Waals surface area contributed by atoms with Crippen LogP contribution in [0, 0.1) is 0 Å². The Morgan fingerprint density at radius 3 is 1.71 bits per heavy atom. The van der Waals surface area contributed by atoms with Crippen LogP contribution in [0.1, 0.15) is 51.9 Å².